The van der Waals surface area contributed by atoms with E-state index < -0.39 is 17.6 Å². The number of carbonyl (C=O) groups excluding carboxylic acids is 1. The van der Waals surface area contributed by atoms with Crippen LogP contribution < -0.4 is 5.73 Å². The molecule has 5 heteroatoms. The minimum atomic E-state index is -0.769. The molecule has 0 saturated heterocycles. The van der Waals surface area contributed by atoms with Gasteiger partial charge in [-0.2, -0.15) is 0 Å². The molecule has 1 rings (SSSR count). The molecule has 0 aliphatic heterocycles. The normalized spacial score (nSPS) is 12.6. The summed E-state index contributed by atoms with van der Waals surface area (Å²) in [5.41, 5.74) is 5.23. The molecule has 0 saturated carbocycles. The summed E-state index contributed by atoms with van der Waals surface area (Å²) in [4.78, 5) is 11.4. The summed E-state index contributed by atoms with van der Waals surface area (Å²) in [6.07, 6.45) is 0. The Morgan fingerprint density at radius 2 is 2.21 bits per heavy atom. The predicted octanol–water partition coefficient (Wildman–Crippen LogP) is 1.82. The van der Waals surface area contributed by atoms with Gasteiger partial charge in [0.25, 0.3) is 0 Å². The second-order valence-corrected chi connectivity index (χ2v) is 3.79. The van der Waals surface area contributed by atoms with Crippen molar-refractivity contribution in [2.24, 2.45) is 5.73 Å². The van der Waals surface area contributed by atoms with Crippen molar-refractivity contribution in [1.82, 2.24) is 0 Å². The molecule has 76 valence electrons. The number of hydrogen-bond acceptors (Lipinski definition) is 3. The van der Waals surface area contributed by atoms with E-state index in [2.05, 4.69) is 15.9 Å². The Bertz CT molecular complexity index is 379. The maximum Gasteiger partial charge on any atom is 0.183 e. The monoisotopic (exact) mass is 261 g/mol. The van der Waals surface area contributed by atoms with E-state index >= 15 is 0 Å². The molecule has 0 aliphatic rings. The van der Waals surface area contributed by atoms with Crippen molar-refractivity contribution in [3.05, 3.63) is 28.0 Å². The summed E-state index contributed by atoms with van der Waals surface area (Å²) in [5, 5.41) is 9.45. The molecule has 0 fully saturated rings. The number of benzene rings is 1. The van der Waals surface area contributed by atoms with E-state index in [0.29, 0.717) is 0 Å². The van der Waals surface area contributed by atoms with Crippen LogP contribution in [0.2, 0.25) is 0 Å². The highest BCUT2D eigenvalue weighted by Gasteiger charge is 2.18. The van der Waals surface area contributed by atoms with Crippen LogP contribution in [0.25, 0.3) is 0 Å². The number of Topliss-reactive ketones (excluding diaryl/α,β-unsaturated/α-hetero) is 1. The van der Waals surface area contributed by atoms with Gasteiger partial charge < -0.3 is 10.8 Å². The summed E-state index contributed by atoms with van der Waals surface area (Å²) in [6.45, 7) is 1.47. The zero-order valence-corrected chi connectivity index (χ0v) is 9.01. The molecular weight excluding hydrogens is 253 g/mol. The Labute approximate surface area is 88.9 Å². The molecule has 0 radical (unpaired) electrons. The summed E-state index contributed by atoms with van der Waals surface area (Å²) >= 11 is 2.93. The van der Waals surface area contributed by atoms with Crippen LogP contribution in [0.4, 0.5) is 4.39 Å². The molecule has 14 heavy (non-hydrogen) atoms. The van der Waals surface area contributed by atoms with Crippen molar-refractivity contribution in [3.63, 3.8) is 0 Å². The van der Waals surface area contributed by atoms with Gasteiger partial charge in [-0.15, -0.1) is 0 Å². The van der Waals surface area contributed by atoms with Gasteiger partial charge in [0.1, 0.15) is 11.6 Å². The average Bonchev–Trinajstić information content (AvgIpc) is 2.09. The van der Waals surface area contributed by atoms with Gasteiger partial charge in [-0.05, 0) is 35.0 Å². The molecule has 3 nitrogen and oxygen atoms in total. The lowest BCUT2D eigenvalue weighted by atomic mass is 10.1. The first-order valence-electron chi connectivity index (χ1n) is 3.91. The number of carbonyl (C=O) groups is 1. The summed E-state index contributed by atoms with van der Waals surface area (Å²) < 4.78 is 13.0. The third kappa shape index (κ3) is 2.10. The standard InChI is InChI=1S/C9H9BrFNO2/c1-4(12)8(13)6-2-5(11)3-7(10)9(6)14/h2-4,14H,12H2,1H3. The molecule has 0 amide bonds. The third-order valence-corrected chi connectivity index (χ3v) is 2.31. The SMILES string of the molecule is CC(N)C(=O)c1cc(F)cc(Br)c1O. The van der Waals surface area contributed by atoms with E-state index in [0.717, 1.165) is 12.1 Å². The van der Waals surface area contributed by atoms with Crippen LogP contribution in [0.15, 0.2) is 16.6 Å². The minimum Gasteiger partial charge on any atom is -0.506 e. The van der Waals surface area contributed by atoms with Gasteiger partial charge in [-0.3, -0.25) is 4.79 Å². The molecule has 1 unspecified atom stereocenters. The maximum absolute atomic E-state index is 12.9. The number of hydrogen-bond donors (Lipinski definition) is 2. The van der Waals surface area contributed by atoms with Crippen molar-refractivity contribution < 1.29 is 14.3 Å². The van der Waals surface area contributed by atoms with Crippen LogP contribution in [0.3, 0.4) is 0 Å². The van der Waals surface area contributed by atoms with Crippen LogP contribution in [0.5, 0.6) is 5.75 Å². The molecule has 1 aromatic rings. The van der Waals surface area contributed by atoms with Crippen molar-refractivity contribution in [1.29, 1.82) is 0 Å². The predicted molar refractivity (Wildman–Crippen MR) is 53.7 cm³/mol. The number of rotatable bonds is 2. The molecule has 0 spiro atoms. The van der Waals surface area contributed by atoms with E-state index in [1.54, 1.807) is 0 Å². The summed E-state index contributed by atoms with van der Waals surface area (Å²) in [5.74, 6) is -1.38. The van der Waals surface area contributed by atoms with Crippen LogP contribution in [0, 0.1) is 5.82 Å². The van der Waals surface area contributed by atoms with E-state index in [1.165, 1.54) is 6.92 Å². The van der Waals surface area contributed by atoms with Gasteiger partial charge in [0, 0.05) is 0 Å². The smallest absolute Gasteiger partial charge is 0.183 e. The van der Waals surface area contributed by atoms with Gasteiger partial charge in [-0.25, -0.2) is 4.39 Å². The van der Waals surface area contributed by atoms with Crippen LogP contribution >= 0.6 is 15.9 Å². The molecule has 0 aliphatic carbocycles. The molecular formula is C9H9BrFNO2. The Morgan fingerprint density at radius 1 is 1.64 bits per heavy atom. The molecule has 1 aromatic carbocycles. The van der Waals surface area contributed by atoms with Gasteiger partial charge in [-0.1, -0.05) is 0 Å². The number of nitrogens with two attached hydrogens (primary N) is 1. The lowest BCUT2D eigenvalue weighted by Crippen LogP contribution is -2.26. The van der Waals surface area contributed by atoms with E-state index in [9.17, 15) is 14.3 Å². The number of aromatic hydroxyl groups is 1. The highest BCUT2D eigenvalue weighted by Crippen LogP contribution is 2.29. The van der Waals surface area contributed by atoms with Gasteiger partial charge in [0.2, 0.25) is 0 Å². The Hall–Kier alpha value is -0.940. The topological polar surface area (TPSA) is 63.3 Å². The fraction of sp³-hybridized carbons (Fsp3) is 0.222. The fourth-order valence-corrected chi connectivity index (χ4v) is 1.43. The number of ketones is 1. The molecule has 0 heterocycles. The highest BCUT2D eigenvalue weighted by molar-refractivity contribution is 9.10. The Kier molecular flexibility index (Phi) is 3.23. The average molecular weight is 262 g/mol. The van der Waals surface area contributed by atoms with Crippen LogP contribution in [-0.4, -0.2) is 16.9 Å². The zero-order chi connectivity index (χ0) is 10.9. The number of halogens is 2. The van der Waals surface area contributed by atoms with Gasteiger partial charge in [0.15, 0.2) is 5.78 Å². The Morgan fingerprint density at radius 3 is 2.71 bits per heavy atom. The zero-order valence-electron chi connectivity index (χ0n) is 7.42. The second-order valence-electron chi connectivity index (χ2n) is 2.94. The number of phenols is 1. The summed E-state index contributed by atoms with van der Waals surface area (Å²) in [7, 11) is 0. The third-order valence-electron chi connectivity index (χ3n) is 1.71. The molecule has 3 N–H and O–H groups in total. The van der Waals surface area contributed by atoms with E-state index in [-0.39, 0.29) is 15.8 Å². The van der Waals surface area contributed by atoms with E-state index in [4.69, 9.17) is 5.73 Å². The first-order chi connectivity index (χ1) is 6.43. The lowest BCUT2D eigenvalue weighted by molar-refractivity contribution is 0.0964. The Balaban J connectivity index is 3.27. The van der Waals surface area contributed by atoms with E-state index in [1.807, 2.05) is 0 Å². The molecule has 0 bridgehead atoms. The first-order valence-corrected chi connectivity index (χ1v) is 4.70. The number of phenolic OH excluding ortho intramolecular Hbond substituents is 1. The van der Waals surface area contributed by atoms with Crippen LogP contribution in [-0.2, 0) is 0 Å². The maximum atomic E-state index is 12.9. The van der Waals surface area contributed by atoms with Gasteiger partial charge >= 0.3 is 0 Å². The highest BCUT2D eigenvalue weighted by atomic mass is 79.9. The summed E-state index contributed by atoms with van der Waals surface area (Å²) in [6, 6.07) is 1.27. The van der Waals surface area contributed by atoms with Gasteiger partial charge in [0.05, 0.1) is 16.1 Å². The van der Waals surface area contributed by atoms with Crippen LogP contribution in [0.1, 0.15) is 17.3 Å². The lowest BCUT2D eigenvalue weighted by Gasteiger charge is -2.07. The van der Waals surface area contributed by atoms with Crippen molar-refractivity contribution >= 4 is 21.7 Å². The quantitative estimate of drug-likeness (QED) is 0.799. The molecule has 1 atom stereocenters. The minimum absolute atomic E-state index is 0.105. The molecule has 0 aromatic heterocycles. The van der Waals surface area contributed by atoms with Crippen molar-refractivity contribution in [3.8, 4) is 5.75 Å². The first kappa shape index (κ1) is 11.1. The fourth-order valence-electron chi connectivity index (χ4n) is 0.999. The van der Waals surface area contributed by atoms with Crippen molar-refractivity contribution in [2.45, 2.75) is 13.0 Å². The largest absolute Gasteiger partial charge is 0.506 e. The van der Waals surface area contributed by atoms with Crippen molar-refractivity contribution in [2.75, 3.05) is 0 Å². The second kappa shape index (κ2) is 4.06.